The molecule has 2 aliphatic carbocycles. The number of aryl methyl sites for hydroxylation is 1. The van der Waals surface area contributed by atoms with Crippen LogP contribution in [0.5, 0.6) is 0 Å². The van der Waals surface area contributed by atoms with Gasteiger partial charge in [-0.25, -0.2) is 9.97 Å². The highest BCUT2D eigenvalue weighted by molar-refractivity contribution is 7.19. The van der Waals surface area contributed by atoms with Crippen LogP contribution in [0.3, 0.4) is 0 Å². The molecule has 12 heteroatoms. The monoisotopic (exact) mass is 567 g/mol. The Kier molecular flexibility index (Phi) is 5.77. The molecular weight excluding hydrogens is 538 g/mol. The quantitative estimate of drug-likeness (QED) is 0.498. The van der Waals surface area contributed by atoms with Crippen molar-refractivity contribution >= 4 is 56.5 Å². The lowest BCUT2D eigenvalue weighted by Gasteiger charge is -2.39. The van der Waals surface area contributed by atoms with E-state index in [1.165, 1.54) is 17.0 Å². The summed E-state index contributed by atoms with van der Waals surface area (Å²) in [6, 6.07) is 1.94. The number of pyridine rings is 1. The second-order valence-corrected chi connectivity index (χ2v) is 12.9. The standard InChI is InChI=1S/C27H30ClN7O3S/c1-33(2)15-6-9-34(12-15)25(37)14-4-5-16-19(10-14)39-24-20(16)22(29-13-30-24)31-18-11-17(28)21-23(36)32-27(7-3-8-27)35(21)26(18)38/h11,13-15H,3-10,12H2,1-2H3,(H,32,36)(H,29,30,31)/t14-,15-/m0/s1. The maximum atomic E-state index is 13.6. The molecule has 204 valence electrons. The number of hydrogen-bond acceptors (Lipinski definition) is 8. The van der Waals surface area contributed by atoms with Crippen molar-refractivity contribution in [3.05, 3.63) is 43.9 Å². The maximum absolute atomic E-state index is 13.6. The number of nitrogens with zero attached hydrogens (tertiary/aromatic N) is 5. The second-order valence-electron chi connectivity index (χ2n) is 11.4. The van der Waals surface area contributed by atoms with E-state index in [9.17, 15) is 14.4 Å². The van der Waals surface area contributed by atoms with Crippen LogP contribution in [0.15, 0.2) is 17.2 Å². The van der Waals surface area contributed by atoms with E-state index in [1.54, 1.807) is 11.3 Å². The summed E-state index contributed by atoms with van der Waals surface area (Å²) in [4.78, 5) is 54.8. The molecule has 2 aliphatic heterocycles. The number of nitrogens with one attached hydrogen (secondary N) is 2. The summed E-state index contributed by atoms with van der Waals surface area (Å²) in [5.41, 5.74) is 0.666. The largest absolute Gasteiger partial charge is 0.341 e. The lowest BCUT2D eigenvalue weighted by Crippen LogP contribution is -2.52. The molecule has 4 aliphatic rings. The summed E-state index contributed by atoms with van der Waals surface area (Å²) in [5.74, 6) is 0.458. The van der Waals surface area contributed by atoms with Crippen molar-refractivity contribution in [2.75, 3.05) is 32.5 Å². The van der Waals surface area contributed by atoms with Gasteiger partial charge in [0.1, 0.15) is 34.0 Å². The van der Waals surface area contributed by atoms with Crippen LogP contribution in [0.2, 0.25) is 5.02 Å². The predicted octanol–water partition coefficient (Wildman–Crippen LogP) is 3.10. The third-order valence-electron chi connectivity index (χ3n) is 8.98. The van der Waals surface area contributed by atoms with Crippen molar-refractivity contribution in [3.8, 4) is 0 Å². The minimum Gasteiger partial charge on any atom is -0.341 e. The molecule has 3 aromatic heterocycles. The molecule has 1 saturated heterocycles. The van der Waals surface area contributed by atoms with Gasteiger partial charge in [-0.2, -0.15) is 0 Å². The van der Waals surface area contributed by atoms with Gasteiger partial charge in [0.15, 0.2) is 0 Å². The van der Waals surface area contributed by atoms with E-state index in [0.29, 0.717) is 31.1 Å². The van der Waals surface area contributed by atoms with E-state index < -0.39 is 5.66 Å². The van der Waals surface area contributed by atoms with Crippen LogP contribution >= 0.6 is 22.9 Å². The summed E-state index contributed by atoms with van der Waals surface area (Å²) in [7, 11) is 4.14. The fraction of sp³-hybridized carbons (Fsp3) is 0.519. The summed E-state index contributed by atoms with van der Waals surface area (Å²) >= 11 is 8.12. The molecular formula is C27H30ClN7O3S. The molecule has 39 heavy (non-hydrogen) atoms. The van der Waals surface area contributed by atoms with E-state index in [4.69, 9.17) is 11.6 Å². The topological polar surface area (TPSA) is 112 Å². The van der Waals surface area contributed by atoms with Gasteiger partial charge in [0.25, 0.3) is 11.5 Å². The van der Waals surface area contributed by atoms with Crippen LogP contribution in [-0.2, 0) is 23.3 Å². The number of amides is 2. The van der Waals surface area contributed by atoms with Gasteiger partial charge < -0.3 is 20.4 Å². The average molecular weight is 568 g/mol. The van der Waals surface area contributed by atoms with Crippen molar-refractivity contribution in [2.24, 2.45) is 5.92 Å². The lowest BCUT2D eigenvalue weighted by atomic mass is 9.85. The zero-order chi connectivity index (χ0) is 27.1. The fourth-order valence-corrected chi connectivity index (χ4v) is 8.19. The van der Waals surface area contributed by atoms with Crippen LogP contribution in [0, 0.1) is 5.92 Å². The number of likely N-dealkylation sites (tertiary alicyclic amines) is 1. The third kappa shape index (κ3) is 3.81. The molecule has 0 radical (unpaired) electrons. The predicted molar refractivity (Wildman–Crippen MR) is 150 cm³/mol. The minimum atomic E-state index is -0.684. The van der Waals surface area contributed by atoms with Gasteiger partial charge in [0.05, 0.1) is 10.4 Å². The number of halogens is 1. The number of hydrogen-bond donors (Lipinski definition) is 2. The van der Waals surface area contributed by atoms with Gasteiger partial charge in [-0.15, -0.1) is 11.3 Å². The Morgan fingerprint density at radius 3 is 2.79 bits per heavy atom. The zero-order valence-electron chi connectivity index (χ0n) is 21.9. The molecule has 2 amide bonds. The number of fused-ring (bicyclic) bond motifs is 5. The molecule has 2 fully saturated rings. The van der Waals surface area contributed by atoms with Crippen molar-refractivity contribution < 1.29 is 9.59 Å². The minimum absolute atomic E-state index is 0.0280. The first-order valence-electron chi connectivity index (χ1n) is 13.5. The Bertz CT molecular complexity index is 1590. The van der Waals surface area contributed by atoms with Crippen LogP contribution in [-0.4, -0.2) is 69.4 Å². The summed E-state index contributed by atoms with van der Waals surface area (Å²) < 4.78 is 1.53. The summed E-state index contributed by atoms with van der Waals surface area (Å²) in [6.45, 7) is 1.61. The zero-order valence-corrected chi connectivity index (χ0v) is 23.5. The Morgan fingerprint density at radius 1 is 1.26 bits per heavy atom. The van der Waals surface area contributed by atoms with Gasteiger partial charge in [0.2, 0.25) is 5.91 Å². The number of anilines is 2. The van der Waals surface area contributed by atoms with Crippen molar-refractivity contribution in [3.63, 3.8) is 0 Å². The Morgan fingerprint density at radius 2 is 2.08 bits per heavy atom. The maximum Gasteiger partial charge on any atom is 0.276 e. The lowest BCUT2D eigenvalue weighted by molar-refractivity contribution is -0.134. The molecule has 0 bridgehead atoms. The molecule has 1 saturated carbocycles. The number of carbonyl (C=O) groups is 2. The van der Waals surface area contributed by atoms with E-state index in [-0.39, 0.29) is 39.7 Å². The van der Waals surface area contributed by atoms with E-state index >= 15 is 0 Å². The van der Waals surface area contributed by atoms with E-state index in [2.05, 4.69) is 39.6 Å². The number of thiophene rings is 1. The third-order valence-corrected chi connectivity index (χ3v) is 10.4. The van der Waals surface area contributed by atoms with Crippen molar-refractivity contribution in [2.45, 2.75) is 56.7 Å². The van der Waals surface area contributed by atoms with Crippen LogP contribution in [0.4, 0.5) is 11.5 Å². The van der Waals surface area contributed by atoms with Crippen LogP contribution < -0.4 is 16.2 Å². The Labute approximate surface area is 234 Å². The normalized spacial score (nSPS) is 23.2. The first kappa shape index (κ1) is 25.0. The molecule has 10 nitrogen and oxygen atoms in total. The highest BCUT2D eigenvalue weighted by Crippen LogP contribution is 2.43. The molecule has 5 heterocycles. The molecule has 2 N–H and O–H groups in total. The average Bonchev–Trinajstić information content (AvgIpc) is 3.60. The van der Waals surface area contributed by atoms with Crippen LogP contribution in [0.25, 0.3) is 10.2 Å². The molecule has 0 aromatic carbocycles. The molecule has 7 rings (SSSR count). The molecule has 0 unspecified atom stereocenters. The van der Waals surface area contributed by atoms with E-state index in [0.717, 1.165) is 59.4 Å². The molecule has 1 spiro atoms. The Balaban J connectivity index is 1.19. The van der Waals surface area contributed by atoms with Gasteiger partial charge in [-0.05, 0) is 70.7 Å². The summed E-state index contributed by atoms with van der Waals surface area (Å²) in [5, 5.41) is 7.33. The van der Waals surface area contributed by atoms with Gasteiger partial charge in [-0.1, -0.05) is 11.6 Å². The summed E-state index contributed by atoms with van der Waals surface area (Å²) in [6.07, 6.45) is 7.08. The molecule has 2 atom stereocenters. The number of rotatable bonds is 4. The number of aromatic nitrogens is 3. The second kappa shape index (κ2) is 9.00. The number of carbonyl (C=O) groups excluding carboxylic acids is 2. The van der Waals surface area contributed by atoms with E-state index in [1.807, 2.05) is 4.90 Å². The Hall–Kier alpha value is -3.02. The van der Waals surface area contributed by atoms with Gasteiger partial charge in [-0.3, -0.25) is 19.0 Å². The highest BCUT2D eigenvalue weighted by Gasteiger charge is 2.49. The van der Waals surface area contributed by atoms with Crippen molar-refractivity contribution in [1.29, 1.82) is 0 Å². The fourth-order valence-electron chi connectivity index (χ4n) is 6.65. The van der Waals surface area contributed by atoms with Gasteiger partial charge >= 0.3 is 0 Å². The first-order valence-corrected chi connectivity index (χ1v) is 14.7. The van der Waals surface area contributed by atoms with Gasteiger partial charge in [0, 0.05) is 29.9 Å². The number of likely N-dealkylation sites (N-methyl/N-ethyl adjacent to an activating group) is 1. The SMILES string of the molecule is CN(C)[C@H]1CCN(C(=O)[C@H]2CCc3c(sc4ncnc(Nc5cc(Cl)c6n(c5=O)C5(CCC5)NC6=O)c34)C2)C1. The molecule has 3 aromatic rings. The first-order chi connectivity index (χ1) is 18.8. The smallest absolute Gasteiger partial charge is 0.276 e. The van der Waals surface area contributed by atoms with Crippen LogP contribution in [0.1, 0.15) is 53.0 Å². The highest BCUT2D eigenvalue weighted by atomic mass is 35.5. The van der Waals surface area contributed by atoms with Crippen molar-refractivity contribution in [1.82, 2.24) is 29.7 Å².